The number of carbonyl (C=O) groups is 1. The normalized spacial score (nSPS) is 19.6. The van der Waals surface area contributed by atoms with E-state index in [1.807, 2.05) is 24.3 Å². The van der Waals surface area contributed by atoms with Gasteiger partial charge in [0.05, 0.1) is 11.5 Å². The Kier molecular flexibility index (Phi) is 4.99. The second-order valence-electron chi connectivity index (χ2n) is 6.95. The molecule has 148 valence electrons. The SMILES string of the molecule is NC(=O)OC1CCOc2cc(-c3cccc(S(=O)(=O)N4CCCC4)c3)ccc21. The number of rotatable bonds is 4. The van der Waals surface area contributed by atoms with Gasteiger partial charge < -0.3 is 15.2 Å². The average Bonchev–Trinajstić information content (AvgIpc) is 3.23. The van der Waals surface area contributed by atoms with Gasteiger partial charge in [-0.3, -0.25) is 0 Å². The van der Waals surface area contributed by atoms with E-state index in [1.54, 1.807) is 18.2 Å². The van der Waals surface area contributed by atoms with Gasteiger partial charge in [0.15, 0.2) is 0 Å². The zero-order valence-corrected chi connectivity index (χ0v) is 16.2. The Labute approximate surface area is 164 Å². The molecule has 2 aliphatic heterocycles. The molecule has 1 atom stereocenters. The third kappa shape index (κ3) is 3.57. The highest BCUT2D eigenvalue weighted by molar-refractivity contribution is 7.89. The minimum Gasteiger partial charge on any atom is -0.493 e. The minimum absolute atomic E-state index is 0.292. The maximum atomic E-state index is 12.8. The standard InChI is InChI=1S/C20H22N2O5S/c21-20(23)27-18-8-11-26-19-13-15(6-7-17(18)19)14-4-3-5-16(12-14)28(24,25)22-9-1-2-10-22/h3-7,12-13,18H,1-2,8-11H2,(H2,21,23). The van der Waals surface area contributed by atoms with Gasteiger partial charge >= 0.3 is 6.09 Å². The summed E-state index contributed by atoms with van der Waals surface area (Å²) in [5.74, 6) is 0.614. The zero-order chi connectivity index (χ0) is 19.7. The van der Waals surface area contributed by atoms with Crippen LogP contribution in [0.15, 0.2) is 47.4 Å². The van der Waals surface area contributed by atoms with Crippen LogP contribution in [0.4, 0.5) is 4.79 Å². The molecule has 4 rings (SSSR count). The summed E-state index contributed by atoms with van der Waals surface area (Å²) in [7, 11) is -3.48. The van der Waals surface area contributed by atoms with E-state index < -0.39 is 22.2 Å². The number of benzene rings is 2. The number of primary amides is 1. The fourth-order valence-corrected chi connectivity index (χ4v) is 5.28. The molecular weight excluding hydrogens is 380 g/mol. The highest BCUT2D eigenvalue weighted by Gasteiger charge is 2.28. The lowest BCUT2D eigenvalue weighted by Crippen LogP contribution is -2.27. The summed E-state index contributed by atoms with van der Waals surface area (Å²) in [6.45, 7) is 1.55. The Hall–Kier alpha value is -2.58. The van der Waals surface area contributed by atoms with Crippen molar-refractivity contribution in [2.24, 2.45) is 5.73 Å². The zero-order valence-electron chi connectivity index (χ0n) is 15.3. The maximum Gasteiger partial charge on any atom is 0.405 e. The minimum atomic E-state index is -3.48. The second kappa shape index (κ2) is 7.44. The van der Waals surface area contributed by atoms with Crippen molar-refractivity contribution in [1.82, 2.24) is 4.31 Å². The molecule has 1 unspecified atom stereocenters. The molecule has 0 spiro atoms. The summed E-state index contributed by atoms with van der Waals surface area (Å²) in [5, 5.41) is 0. The lowest BCUT2D eigenvalue weighted by molar-refractivity contribution is 0.0766. The number of amides is 1. The van der Waals surface area contributed by atoms with Crippen molar-refractivity contribution in [3.8, 4) is 16.9 Å². The Morgan fingerprint density at radius 1 is 1.11 bits per heavy atom. The molecule has 2 aromatic carbocycles. The van der Waals surface area contributed by atoms with Crippen molar-refractivity contribution >= 4 is 16.1 Å². The van der Waals surface area contributed by atoms with Gasteiger partial charge in [-0.2, -0.15) is 4.31 Å². The van der Waals surface area contributed by atoms with Gasteiger partial charge in [-0.15, -0.1) is 0 Å². The first kappa shape index (κ1) is 18.8. The van der Waals surface area contributed by atoms with Gasteiger partial charge in [0.2, 0.25) is 10.0 Å². The van der Waals surface area contributed by atoms with Crippen LogP contribution in [0, 0.1) is 0 Å². The summed E-state index contributed by atoms with van der Waals surface area (Å²) in [5.41, 5.74) is 7.52. The van der Waals surface area contributed by atoms with E-state index >= 15 is 0 Å². The number of nitrogens with zero attached hydrogens (tertiary/aromatic N) is 1. The maximum absolute atomic E-state index is 12.8. The second-order valence-corrected chi connectivity index (χ2v) is 8.89. The van der Waals surface area contributed by atoms with Crippen molar-refractivity contribution in [1.29, 1.82) is 0 Å². The van der Waals surface area contributed by atoms with Gasteiger partial charge in [0, 0.05) is 25.1 Å². The molecule has 2 N–H and O–H groups in total. The van der Waals surface area contributed by atoms with Crippen molar-refractivity contribution < 1.29 is 22.7 Å². The third-order valence-corrected chi connectivity index (χ3v) is 7.02. The predicted molar refractivity (Wildman–Crippen MR) is 103 cm³/mol. The van der Waals surface area contributed by atoms with Crippen LogP contribution in [0.25, 0.3) is 11.1 Å². The summed E-state index contributed by atoms with van der Waals surface area (Å²) in [6, 6.07) is 12.5. The molecule has 1 fully saturated rings. The summed E-state index contributed by atoms with van der Waals surface area (Å²) >= 11 is 0. The van der Waals surface area contributed by atoms with E-state index in [0.717, 1.165) is 29.5 Å². The average molecular weight is 402 g/mol. The fraction of sp³-hybridized carbons (Fsp3) is 0.350. The number of hydrogen-bond acceptors (Lipinski definition) is 5. The molecule has 2 heterocycles. The quantitative estimate of drug-likeness (QED) is 0.847. The summed E-state index contributed by atoms with van der Waals surface area (Å²) in [4.78, 5) is 11.4. The van der Waals surface area contributed by atoms with Crippen LogP contribution >= 0.6 is 0 Å². The number of sulfonamides is 1. The topological polar surface area (TPSA) is 98.9 Å². The summed E-state index contributed by atoms with van der Waals surface area (Å²) < 4.78 is 38.1. The highest BCUT2D eigenvalue weighted by atomic mass is 32.2. The first-order valence-corrected chi connectivity index (χ1v) is 10.7. The van der Waals surface area contributed by atoms with Gasteiger partial charge in [-0.25, -0.2) is 13.2 Å². The van der Waals surface area contributed by atoms with E-state index in [0.29, 0.717) is 36.8 Å². The number of nitrogens with two attached hydrogens (primary N) is 1. The molecular formula is C20H22N2O5S. The first-order valence-electron chi connectivity index (χ1n) is 9.28. The largest absolute Gasteiger partial charge is 0.493 e. The molecule has 28 heavy (non-hydrogen) atoms. The molecule has 0 aromatic heterocycles. The van der Waals surface area contributed by atoms with E-state index in [2.05, 4.69) is 0 Å². The Balaban J connectivity index is 1.66. The molecule has 0 saturated carbocycles. The molecule has 0 radical (unpaired) electrons. The monoisotopic (exact) mass is 402 g/mol. The van der Waals surface area contributed by atoms with Gasteiger partial charge in [0.1, 0.15) is 11.9 Å². The van der Waals surface area contributed by atoms with Crippen molar-refractivity contribution in [2.75, 3.05) is 19.7 Å². The molecule has 7 nitrogen and oxygen atoms in total. The van der Waals surface area contributed by atoms with Crippen molar-refractivity contribution in [3.63, 3.8) is 0 Å². The lowest BCUT2D eigenvalue weighted by atomic mass is 9.98. The van der Waals surface area contributed by atoms with Crippen LogP contribution in [0.2, 0.25) is 0 Å². The number of carbonyl (C=O) groups excluding carboxylic acids is 1. The van der Waals surface area contributed by atoms with Crippen LogP contribution in [0.3, 0.4) is 0 Å². The Bertz CT molecular complexity index is 999. The van der Waals surface area contributed by atoms with Gasteiger partial charge in [-0.1, -0.05) is 24.3 Å². The van der Waals surface area contributed by atoms with Gasteiger partial charge in [0.25, 0.3) is 0 Å². The molecule has 2 aromatic rings. The van der Waals surface area contributed by atoms with E-state index in [-0.39, 0.29) is 0 Å². The van der Waals surface area contributed by atoms with Crippen LogP contribution in [0.5, 0.6) is 5.75 Å². The van der Waals surface area contributed by atoms with E-state index in [9.17, 15) is 13.2 Å². The Morgan fingerprint density at radius 3 is 2.61 bits per heavy atom. The predicted octanol–water partition coefficient (Wildman–Crippen LogP) is 3.06. The van der Waals surface area contributed by atoms with Gasteiger partial charge in [-0.05, 0) is 42.2 Å². The fourth-order valence-electron chi connectivity index (χ4n) is 3.71. The molecule has 0 bridgehead atoms. The molecule has 1 saturated heterocycles. The lowest BCUT2D eigenvalue weighted by Gasteiger charge is -2.25. The summed E-state index contributed by atoms with van der Waals surface area (Å²) in [6.07, 6.45) is 1.09. The molecule has 8 heteroatoms. The third-order valence-electron chi connectivity index (χ3n) is 5.13. The number of fused-ring (bicyclic) bond motifs is 1. The van der Waals surface area contributed by atoms with E-state index in [4.69, 9.17) is 15.2 Å². The van der Waals surface area contributed by atoms with Crippen LogP contribution in [-0.2, 0) is 14.8 Å². The van der Waals surface area contributed by atoms with Crippen molar-refractivity contribution in [2.45, 2.75) is 30.3 Å². The smallest absolute Gasteiger partial charge is 0.405 e. The first-order chi connectivity index (χ1) is 13.4. The highest BCUT2D eigenvalue weighted by Crippen LogP contribution is 2.37. The number of ether oxygens (including phenoxy) is 2. The van der Waals surface area contributed by atoms with Crippen LogP contribution in [-0.4, -0.2) is 38.5 Å². The Morgan fingerprint density at radius 2 is 1.86 bits per heavy atom. The van der Waals surface area contributed by atoms with E-state index in [1.165, 1.54) is 4.31 Å². The molecule has 1 amide bonds. The van der Waals surface area contributed by atoms with Crippen LogP contribution in [0.1, 0.15) is 30.9 Å². The number of hydrogen-bond donors (Lipinski definition) is 1. The molecule has 2 aliphatic rings. The molecule has 0 aliphatic carbocycles. The van der Waals surface area contributed by atoms with Crippen molar-refractivity contribution in [3.05, 3.63) is 48.0 Å². The van der Waals surface area contributed by atoms with Crippen LogP contribution < -0.4 is 10.5 Å².